The Morgan fingerprint density at radius 2 is 2.09 bits per heavy atom. The van der Waals surface area contributed by atoms with Crippen LogP contribution in [0.5, 0.6) is 5.75 Å². The average molecular weight is 300 g/mol. The normalized spacial score (nSPS) is 14.9. The first kappa shape index (κ1) is 14.6. The number of hydrogen-bond donors (Lipinski definition) is 0. The Kier molecular flexibility index (Phi) is 4.42. The number of ether oxygens (including phenoxy) is 1. The van der Waals surface area contributed by atoms with Crippen molar-refractivity contribution in [1.29, 1.82) is 0 Å². The van der Waals surface area contributed by atoms with Crippen LogP contribution in [0.2, 0.25) is 0 Å². The van der Waals surface area contributed by atoms with Crippen LogP contribution in [0.1, 0.15) is 25.0 Å². The highest BCUT2D eigenvalue weighted by atomic mass is 16.5. The fourth-order valence-corrected chi connectivity index (χ4v) is 2.72. The highest BCUT2D eigenvalue weighted by Gasteiger charge is 2.18. The number of carbonyl (C=O) groups excluding carboxylic acids is 1. The van der Waals surface area contributed by atoms with Crippen LogP contribution in [-0.2, 0) is 11.2 Å². The Balaban J connectivity index is 1.69. The summed E-state index contributed by atoms with van der Waals surface area (Å²) < 4.78 is 10.6. The number of benzene rings is 1. The first-order chi connectivity index (χ1) is 10.8. The summed E-state index contributed by atoms with van der Waals surface area (Å²) in [5.41, 5.74) is 1.57. The fraction of sp³-hybridized carbons (Fsp3) is 0.412. The summed E-state index contributed by atoms with van der Waals surface area (Å²) in [5.74, 6) is 1.55. The van der Waals surface area contributed by atoms with Crippen LogP contribution in [-0.4, -0.2) is 36.2 Å². The second kappa shape index (κ2) is 6.64. The van der Waals surface area contributed by atoms with Crippen molar-refractivity contribution in [3.8, 4) is 17.1 Å². The topological polar surface area (TPSA) is 55.6 Å². The number of methoxy groups -OCH3 is 1. The summed E-state index contributed by atoms with van der Waals surface area (Å²) in [6, 6.07) is 9.42. The lowest BCUT2D eigenvalue weighted by Gasteiger charge is -2.26. The highest BCUT2D eigenvalue weighted by Crippen LogP contribution is 2.24. The molecule has 1 aromatic heterocycles. The summed E-state index contributed by atoms with van der Waals surface area (Å²) in [4.78, 5) is 14.2. The van der Waals surface area contributed by atoms with Gasteiger partial charge in [-0.05, 0) is 31.4 Å². The van der Waals surface area contributed by atoms with Gasteiger partial charge in [0.25, 0.3) is 0 Å². The molecule has 0 spiro atoms. The molecule has 1 fully saturated rings. The third kappa shape index (κ3) is 3.30. The molecule has 2 heterocycles. The Morgan fingerprint density at radius 1 is 1.27 bits per heavy atom. The summed E-state index contributed by atoms with van der Waals surface area (Å²) >= 11 is 0. The zero-order valence-corrected chi connectivity index (χ0v) is 12.7. The van der Waals surface area contributed by atoms with Gasteiger partial charge in [0.2, 0.25) is 5.91 Å². The van der Waals surface area contributed by atoms with E-state index >= 15 is 0 Å². The van der Waals surface area contributed by atoms with Crippen molar-refractivity contribution in [2.24, 2.45) is 0 Å². The van der Waals surface area contributed by atoms with E-state index in [1.54, 1.807) is 7.11 Å². The SMILES string of the molecule is COc1cccc(-c2cc(CC(=O)N3CCCCC3)no2)c1. The largest absolute Gasteiger partial charge is 0.497 e. The van der Waals surface area contributed by atoms with Gasteiger partial charge in [-0.3, -0.25) is 4.79 Å². The van der Waals surface area contributed by atoms with E-state index in [0.717, 1.165) is 37.2 Å². The quantitative estimate of drug-likeness (QED) is 0.871. The maximum absolute atomic E-state index is 12.2. The van der Waals surface area contributed by atoms with Gasteiger partial charge < -0.3 is 14.2 Å². The van der Waals surface area contributed by atoms with E-state index in [4.69, 9.17) is 9.26 Å². The number of rotatable bonds is 4. The molecule has 5 heteroatoms. The molecule has 0 saturated carbocycles. The Bertz CT molecular complexity index is 645. The van der Waals surface area contributed by atoms with E-state index in [2.05, 4.69) is 5.16 Å². The number of carbonyl (C=O) groups is 1. The van der Waals surface area contributed by atoms with Gasteiger partial charge in [-0.2, -0.15) is 0 Å². The first-order valence-corrected chi connectivity index (χ1v) is 7.64. The number of likely N-dealkylation sites (tertiary alicyclic amines) is 1. The van der Waals surface area contributed by atoms with Crippen LogP contribution >= 0.6 is 0 Å². The molecular formula is C17H20N2O3. The van der Waals surface area contributed by atoms with E-state index < -0.39 is 0 Å². The van der Waals surface area contributed by atoms with Crippen LogP contribution < -0.4 is 4.74 Å². The molecule has 0 atom stereocenters. The lowest BCUT2D eigenvalue weighted by Crippen LogP contribution is -2.36. The molecule has 1 amide bonds. The molecule has 1 aliphatic heterocycles. The molecule has 1 aromatic carbocycles. The summed E-state index contributed by atoms with van der Waals surface area (Å²) in [5, 5.41) is 4.02. The van der Waals surface area contributed by atoms with E-state index in [1.807, 2.05) is 35.2 Å². The Morgan fingerprint density at radius 3 is 2.86 bits per heavy atom. The standard InChI is InChI=1S/C17H20N2O3/c1-21-15-7-5-6-13(10-15)16-11-14(18-22-16)12-17(20)19-8-3-2-4-9-19/h5-7,10-11H,2-4,8-9,12H2,1H3. The zero-order valence-electron chi connectivity index (χ0n) is 12.7. The molecule has 116 valence electrons. The lowest BCUT2D eigenvalue weighted by atomic mass is 10.1. The minimum absolute atomic E-state index is 0.130. The van der Waals surface area contributed by atoms with Crippen LogP contribution in [0.4, 0.5) is 0 Å². The molecule has 2 aromatic rings. The van der Waals surface area contributed by atoms with E-state index in [1.165, 1.54) is 6.42 Å². The van der Waals surface area contributed by atoms with Gasteiger partial charge in [-0.15, -0.1) is 0 Å². The molecule has 0 radical (unpaired) electrons. The zero-order chi connectivity index (χ0) is 15.4. The van der Waals surface area contributed by atoms with Gasteiger partial charge in [0.05, 0.1) is 19.2 Å². The number of aromatic nitrogens is 1. The van der Waals surface area contributed by atoms with Crippen LogP contribution in [0.25, 0.3) is 11.3 Å². The molecule has 5 nitrogen and oxygen atoms in total. The Hall–Kier alpha value is -2.30. The van der Waals surface area contributed by atoms with E-state index in [0.29, 0.717) is 17.9 Å². The predicted molar refractivity (Wildman–Crippen MR) is 82.6 cm³/mol. The number of hydrogen-bond acceptors (Lipinski definition) is 4. The minimum Gasteiger partial charge on any atom is -0.497 e. The monoisotopic (exact) mass is 300 g/mol. The highest BCUT2D eigenvalue weighted by molar-refractivity contribution is 5.78. The summed E-state index contributed by atoms with van der Waals surface area (Å²) in [6.07, 6.45) is 3.71. The number of piperidine rings is 1. The van der Waals surface area contributed by atoms with Gasteiger partial charge in [0, 0.05) is 24.7 Å². The molecule has 22 heavy (non-hydrogen) atoms. The van der Waals surface area contributed by atoms with Crippen LogP contribution in [0, 0.1) is 0 Å². The predicted octanol–water partition coefficient (Wildman–Crippen LogP) is 2.91. The maximum Gasteiger partial charge on any atom is 0.228 e. The smallest absolute Gasteiger partial charge is 0.228 e. The van der Waals surface area contributed by atoms with Gasteiger partial charge in [0.15, 0.2) is 5.76 Å². The maximum atomic E-state index is 12.2. The van der Waals surface area contributed by atoms with Gasteiger partial charge in [0.1, 0.15) is 5.75 Å². The van der Waals surface area contributed by atoms with Crippen LogP contribution in [0.3, 0.4) is 0 Å². The van der Waals surface area contributed by atoms with Gasteiger partial charge >= 0.3 is 0 Å². The van der Waals surface area contributed by atoms with Crippen molar-refractivity contribution in [1.82, 2.24) is 10.1 Å². The fourth-order valence-electron chi connectivity index (χ4n) is 2.72. The molecule has 3 rings (SSSR count). The number of nitrogens with zero attached hydrogens (tertiary/aromatic N) is 2. The van der Waals surface area contributed by atoms with Crippen molar-refractivity contribution in [2.45, 2.75) is 25.7 Å². The number of amides is 1. The van der Waals surface area contributed by atoms with Crippen molar-refractivity contribution >= 4 is 5.91 Å². The third-order valence-electron chi connectivity index (χ3n) is 3.95. The van der Waals surface area contributed by atoms with Gasteiger partial charge in [-0.1, -0.05) is 17.3 Å². The van der Waals surface area contributed by atoms with E-state index in [9.17, 15) is 4.79 Å². The lowest BCUT2D eigenvalue weighted by molar-refractivity contribution is -0.131. The summed E-state index contributed by atoms with van der Waals surface area (Å²) in [7, 11) is 1.63. The average Bonchev–Trinajstić information content (AvgIpc) is 3.04. The van der Waals surface area contributed by atoms with E-state index in [-0.39, 0.29) is 5.91 Å². The molecule has 0 N–H and O–H groups in total. The molecule has 1 saturated heterocycles. The Labute approximate surface area is 129 Å². The minimum atomic E-state index is 0.130. The van der Waals surface area contributed by atoms with Crippen molar-refractivity contribution in [3.05, 3.63) is 36.0 Å². The second-order valence-corrected chi connectivity index (χ2v) is 5.53. The molecule has 0 aliphatic carbocycles. The van der Waals surface area contributed by atoms with Crippen LogP contribution in [0.15, 0.2) is 34.9 Å². The molecule has 0 bridgehead atoms. The second-order valence-electron chi connectivity index (χ2n) is 5.53. The first-order valence-electron chi connectivity index (χ1n) is 7.64. The summed E-state index contributed by atoms with van der Waals surface area (Å²) in [6.45, 7) is 1.72. The molecule has 0 unspecified atom stereocenters. The van der Waals surface area contributed by atoms with Crippen molar-refractivity contribution in [2.75, 3.05) is 20.2 Å². The van der Waals surface area contributed by atoms with Crippen molar-refractivity contribution < 1.29 is 14.1 Å². The van der Waals surface area contributed by atoms with Crippen molar-refractivity contribution in [3.63, 3.8) is 0 Å². The third-order valence-corrected chi connectivity index (χ3v) is 3.95. The molecule has 1 aliphatic rings. The van der Waals surface area contributed by atoms with Gasteiger partial charge in [-0.25, -0.2) is 0 Å². The molecular weight excluding hydrogens is 280 g/mol.